The molecule has 162 valence electrons. The molecule has 0 unspecified atom stereocenters. The summed E-state index contributed by atoms with van der Waals surface area (Å²) in [6.45, 7) is 1.60. The molecule has 5 rings (SSSR count). The summed E-state index contributed by atoms with van der Waals surface area (Å²) in [6, 6.07) is 15.9. The van der Waals surface area contributed by atoms with E-state index in [2.05, 4.69) is 39.7 Å². The lowest BCUT2D eigenvalue weighted by atomic mass is 10.1. The van der Waals surface area contributed by atoms with E-state index in [-0.39, 0.29) is 5.91 Å². The molecule has 3 N–H and O–H groups in total. The molecular weight excluding hydrogens is 400 g/mol. The van der Waals surface area contributed by atoms with Gasteiger partial charge in [0.05, 0.1) is 5.69 Å². The Labute approximate surface area is 186 Å². The summed E-state index contributed by atoms with van der Waals surface area (Å²) in [5.74, 6) is 0.858. The van der Waals surface area contributed by atoms with Crippen LogP contribution in [0.5, 0.6) is 0 Å². The Morgan fingerprint density at radius 1 is 1.06 bits per heavy atom. The number of aryl methyl sites for hydroxylation is 1. The minimum atomic E-state index is -0.217. The predicted octanol–water partition coefficient (Wildman–Crippen LogP) is 4.59. The summed E-state index contributed by atoms with van der Waals surface area (Å²) < 4.78 is 0. The van der Waals surface area contributed by atoms with Crippen molar-refractivity contribution in [2.45, 2.75) is 25.8 Å². The maximum Gasteiger partial charge on any atom is 0.258 e. The predicted molar refractivity (Wildman–Crippen MR) is 128 cm³/mol. The molecule has 0 atom stereocenters. The van der Waals surface area contributed by atoms with E-state index >= 15 is 0 Å². The van der Waals surface area contributed by atoms with Gasteiger partial charge in [-0.2, -0.15) is 4.98 Å². The highest BCUT2D eigenvalue weighted by atomic mass is 16.1. The molecule has 1 aliphatic heterocycles. The number of fused-ring (bicyclic) bond motifs is 2. The highest BCUT2D eigenvalue weighted by molar-refractivity contribution is 6.12. The Hall–Kier alpha value is -3.87. The second-order valence-corrected chi connectivity index (χ2v) is 8.13. The van der Waals surface area contributed by atoms with Gasteiger partial charge in [0.25, 0.3) is 5.91 Å². The first-order valence-corrected chi connectivity index (χ1v) is 11.0. The molecule has 1 amide bonds. The van der Waals surface area contributed by atoms with E-state index in [1.807, 2.05) is 48.8 Å². The molecule has 1 aliphatic rings. The topological polar surface area (TPSA) is 85.9 Å². The van der Waals surface area contributed by atoms with E-state index in [0.29, 0.717) is 18.1 Å². The van der Waals surface area contributed by atoms with Crippen LogP contribution in [0.4, 0.5) is 17.5 Å². The van der Waals surface area contributed by atoms with E-state index in [4.69, 9.17) is 9.97 Å². The smallest absolute Gasteiger partial charge is 0.258 e. The third-order valence-electron chi connectivity index (χ3n) is 5.87. The van der Waals surface area contributed by atoms with Gasteiger partial charge in [-0.15, -0.1) is 0 Å². The zero-order chi connectivity index (χ0) is 21.9. The van der Waals surface area contributed by atoms with Crippen molar-refractivity contribution in [3.8, 4) is 0 Å². The normalized spacial score (nSPS) is 13.5. The number of nitrogens with zero attached hydrogens (tertiary/aromatic N) is 3. The van der Waals surface area contributed by atoms with Gasteiger partial charge in [0.1, 0.15) is 5.69 Å². The zero-order valence-corrected chi connectivity index (χ0v) is 18.1. The van der Waals surface area contributed by atoms with Gasteiger partial charge in [-0.05, 0) is 36.3 Å². The van der Waals surface area contributed by atoms with Crippen molar-refractivity contribution in [3.63, 3.8) is 0 Å². The van der Waals surface area contributed by atoms with Gasteiger partial charge in [0, 0.05) is 43.5 Å². The van der Waals surface area contributed by atoms with Crippen LogP contribution in [0.15, 0.2) is 60.9 Å². The first-order chi connectivity index (χ1) is 15.7. The lowest BCUT2D eigenvalue weighted by Crippen LogP contribution is -2.22. The summed E-state index contributed by atoms with van der Waals surface area (Å²) in [5.41, 5.74) is 3.74. The van der Waals surface area contributed by atoms with Crippen LogP contribution in [0.25, 0.3) is 10.8 Å². The Bertz CT molecular complexity index is 1250. The number of aromatic nitrogens is 3. The number of aromatic amines is 1. The van der Waals surface area contributed by atoms with Crippen molar-refractivity contribution >= 4 is 34.1 Å². The number of carbonyl (C=O) groups is 1. The molecule has 7 heteroatoms. The van der Waals surface area contributed by atoms with Crippen molar-refractivity contribution in [2.24, 2.45) is 0 Å². The van der Waals surface area contributed by atoms with Crippen LogP contribution in [0, 0.1) is 0 Å². The fourth-order valence-electron chi connectivity index (χ4n) is 4.24. The number of carbonyl (C=O) groups excluding carboxylic acids is 1. The lowest BCUT2D eigenvalue weighted by molar-refractivity contribution is 0.102. The van der Waals surface area contributed by atoms with E-state index in [1.165, 1.54) is 5.56 Å². The number of hydrogen-bond donors (Lipinski definition) is 3. The van der Waals surface area contributed by atoms with Crippen LogP contribution in [0.3, 0.4) is 0 Å². The van der Waals surface area contributed by atoms with Crippen molar-refractivity contribution < 1.29 is 4.79 Å². The average Bonchev–Trinajstić information content (AvgIpc) is 3.22. The molecule has 2 aromatic carbocycles. The maximum absolute atomic E-state index is 13.1. The molecule has 0 saturated heterocycles. The highest BCUT2D eigenvalue weighted by Gasteiger charge is 2.22. The molecule has 0 saturated carbocycles. The van der Waals surface area contributed by atoms with Gasteiger partial charge < -0.3 is 15.2 Å². The van der Waals surface area contributed by atoms with Crippen LogP contribution in [-0.4, -0.2) is 34.5 Å². The van der Waals surface area contributed by atoms with Gasteiger partial charge in [0.2, 0.25) is 5.95 Å². The number of anilines is 3. The number of amides is 1. The zero-order valence-electron chi connectivity index (χ0n) is 18.1. The number of rotatable bonds is 5. The van der Waals surface area contributed by atoms with Crippen molar-refractivity contribution in [1.82, 2.24) is 15.0 Å². The molecule has 0 spiro atoms. The molecule has 2 aromatic heterocycles. The van der Waals surface area contributed by atoms with E-state index in [0.717, 1.165) is 53.8 Å². The fourth-order valence-corrected chi connectivity index (χ4v) is 4.24. The van der Waals surface area contributed by atoms with Gasteiger partial charge in [-0.25, -0.2) is 4.98 Å². The molecule has 0 radical (unpaired) electrons. The van der Waals surface area contributed by atoms with Crippen LogP contribution in [0.2, 0.25) is 0 Å². The van der Waals surface area contributed by atoms with Crippen LogP contribution in [-0.2, 0) is 13.0 Å². The van der Waals surface area contributed by atoms with Gasteiger partial charge >= 0.3 is 0 Å². The van der Waals surface area contributed by atoms with Crippen LogP contribution >= 0.6 is 0 Å². The third kappa shape index (κ3) is 4.01. The second-order valence-electron chi connectivity index (χ2n) is 8.13. The number of H-pyrrole nitrogens is 1. The standard InChI is InChI=1S/C25H26N6O/c1-31-13-6-5-12-21-22(31)23(27-14-17-8-3-2-4-9-17)29-25(28-21)30-24(32)19-11-7-10-18-15-26-16-20(18)19/h2-4,7-11,15-16,26H,5-6,12-14H2,1H3,(H2,27,28,29,30,32). The highest BCUT2D eigenvalue weighted by Crippen LogP contribution is 2.32. The number of hydrogen-bond acceptors (Lipinski definition) is 5. The Morgan fingerprint density at radius 2 is 1.94 bits per heavy atom. The Balaban J connectivity index is 1.47. The first-order valence-electron chi connectivity index (χ1n) is 11.0. The molecular formula is C25H26N6O. The monoisotopic (exact) mass is 426 g/mol. The quantitative estimate of drug-likeness (QED) is 0.434. The lowest BCUT2D eigenvalue weighted by Gasteiger charge is -2.23. The summed E-state index contributed by atoms with van der Waals surface area (Å²) in [7, 11) is 2.08. The largest absolute Gasteiger partial charge is 0.370 e. The minimum absolute atomic E-state index is 0.217. The SMILES string of the molecule is CN1CCCCc2nc(NC(=O)c3cccc4c[nH]cc34)nc(NCc3ccccc3)c21. The van der Waals surface area contributed by atoms with E-state index in [1.54, 1.807) is 0 Å². The average molecular weight is 427 g/mol. The third-order valence-corrected chi connectivity index (χ3v) is 5.87. The molecule has 7 nitrogen and oxygen atoms in total. The maximum atomic E-state index is 13.1. The number of nitrogens with one attached hydrogen (secondary N) is 3. The molecule has 0 aliphatic carbocycles. The van der Waals surface area contributed by atoms with Crippen molar-refractivity contribution in [3.05, 3.63) is 77.7 Å². The summed E-state index contributed by atoms with van der Waals surface area (Å²) in [4.78, 5) is 27.8. The van der Waals surface area contributed by atoms with E-state index in [9.17, 15) is 4.79 Å². The minimum Gasteiger partial charge on any atom is -0.370 e. The molecule has 32 heavy (non-hydrogen) atoms. The van der Waals surface area contributed by atoms with Gasteiger partial charge in [0.15, 0.2) is 5.82 Å². The second kappa shape index (κ2) is 8.70. The molecule has 0 bridgehead atoms. The van der Waals surface area contributed by atoms with Crippen molar-refractivity contribution in [1.29, 1.82) is 0 Å². The Morgan fingerprint density at radius 3 is 2.81 bits per heavy atom. The van der Waals surface area contributed by atoms with Gasteiger partial charge in [-0.3, -0.25) is 10.1 Å². The summed E-state index contributed by atoms with van der Waals surface area (Å²) in [5, 5.41) is 8.28. The Kier molecular flexibility index (Phi) is 5.46. The molecule has 4 aromatic rings. The van der Waals surface area contributed by atoms with Crippen LogP contribution in [0.1, 0.15) is 34.5 Å². The van der Waals surface area contributed by atoms with Crippen molar-refractivity contribution in [2.75, 3.05) is 29.1 Å². The molecule has 0 fully saturated rings. The molecule has 3 heterocycles. The summed E-state index contributed by atoms with van der Waals surface area (Å²) in [6.07, 6.45) is 6.74. The summed E-state index contributed by atoms with van der Waals surface area (Å²) >= 11 is 0. The number of benzene rings is 2. The van der Waals surface area contributed by atoms with E-state index < -0.39 is 0 Å². The van der Waals surface area contributed by atoms with Gasteiger partial charge in [-0.1, -0.05) is 42.5 Å². The first kappa shape index (κ1) is 20.1. The fraction of sp³-hybridized carbons (Fsp3) is 0.240. The van der Waals surface area contributed by atoms with Crippen LogP contribution < -0.4 is 15.5 Å².